The minimum absolute atomic E-state index is 0.0623. The number of rotatable bonds is 6. The second kappa shape index (κ2) is 7.86. The molecule has 1 fully saturated rings. The van der Waals surface area contributed by atoms with Crippen molar-refractivity contribution in [3.63, 3.8) is 0 Å². The van der Waals surface area contributed by atoms with E-state index in [0.29, 0.717) is 30.7 Å². The average Bonchev–Trinajstić information content (AvgIpc) is 3.06. The van der Waals surface area contributed by atoms with Crippen LogP contribution in [-0.2, 0) is 9.53 Å². The van der Waals surface area contributed by atoms with Gasteiger partial charge in [-0.3, -0.25) is 4.79 Å². The van der Waals surface area contributed by atoms with Gasteiger partial charge in [0.2, 0.25) is 5.91 Å². The molecule has 6 nitrogen and oxygen atoms in total. The lowest BCUT2D eigenvalue weighted by Crippen LogP contribution is -2.57. The molecule has 0 bridgehead atoms. The number of likely N-dealkylation sites (tertiary alicyclic amines) is 1. The number of nitriles is 1. The molecule has 0 aliphatic carbocycles. The molecule has 2 atom stereocenters. The van der Waals surface area contributed by atoms with Crippen LogP contribution < -0.4 is 4.74 Å². The molecule has 2 heterocycles. The quantitative estimate of drug-likeness (QED) is 0.762. The molecular formula is C24H34N2O4. The lowest BCUT2D eigenvalue weighted by atomic mass is 9.80. The second-order valence-corrected chi connectivity index (χ2v) is 10.5. The molecule has 1 aromatic carbocycles. The number of hydrogen-bond donors (Lipinski definition) is 1. The minimum atomic E-state index is -0.685. The van der Waals surface area contributed by atoms with E-state index in [2.05, 4.69) is 6.07 Å². The van der Waals surface area contributed by atoms with Gasteiger partial charge in [0, 0.05) is 25.1 Å². The van der Waals surface area contributed by atoms with Crippen LogP contribution in [0.15, 0.2) is 18.2 Å². The van der Waals surface area contributed by atoms with Gasteiger partial charge in [0.25, 0.3) is 0 Å². The Hall–Kier alpha value is -2.10. The monoisotopic (exact) mass is 414 g/mol. The van der Waals surface area contributed by atoms with Crippen LogP contribution in [0.25, 0.3) is 0 Å². The zero-order valence-corrected chi connectivity index (χ0v) is 19.0. The number of hydrogen-bond acceptors (Lipinski definition) is 5. The highest BCUT2D eigenvalue weighted by Crippen LogP contribution is 2.47. The van der Waals surface area contributed by atoms with Crippen LogP contribution in [0.1, 0.15) is 78.0 Å². The van der Waals surface area contributed by atoms with Crippen molar-refractivity contribution in [2.45, 2.75) is 84.2 Å². The van der Waals surface area contributed by atoms with Gasteiger partial charge in [-0.2, -0.15) is 5.26 Å². The summed E-state index contributed by atoms with van der Waals surface area (Å²) in [4.78, 5) is 14.7. The Morgan fingerprint density at radius 2 is 2.03 bits per heavy atom. The molecule has 0 saturated carbocycles. The lowest BCUT2D eigenvalue weighted by Gasteiger charge is -2.50. The third kappa shape index (κ3) is 4.48. The number of nitrogens with zero attached hydrogens (tertiary/aromatic N) is 2. The van der Waals surface area contributed by atoms with Crippen LogP contribution in [0, 0.1) is 16.7 Å². The number of aliphatic hydroxyl groups is 1. The Labute approximate surface area is 179 Å². The summed E-state index contributed by atoms with van der Waals surface area (Å²) >= 11 is 0. The molecule has 2 aliphatic heterocycles. The number of aliphatic hydroxyl groups excluding tert-OH is 1. The Morgan fingerprint density at radius 3 is 2.60 bits per heavy atom. The first kappa shape index (κ1) is 22.6. The fourth-order valence-corrected chi connectivity index (χ4v) is 4.92. The largest absolute Gasteiger partial charge is 0.485 e. The first-order valence-corrected chi connectivity index (χ1v) is 10.7. The number of ether oxygens (including phenoxy) is 2. The second-order valence-electron chi connectivity index (χ2n) is 10.5. The Kier molecular flexibility index (Phi) is 5.92. The Bertz CT molecular complexity index is 853. The number of fused-ring (bicyclic) bond motifs is 1. The lowest BCUT2D eigenvalue weighted by molar-refractivity contribution is -0.191. The van der Waals surface area contributed by atoms with Gasteiger partial charge in [0.1, 0.15) is 17.5 Å². The highest BCUT2D eigenvalue weighted by atomic mass is 16.6. The summed E-state index contributed by atoms with van der Waals surface area (Å²) in [7, 11) is 0. The molecule has 0 radical (unpaired) electrons. The third-order valence-corrected chi connectivity index (χ3v) is 6.03. The van der Waals surface area contributed by atoms with Crippen molar-refractivity contribution < 1.29 is 19.4 Å². The molecule has 0 unspecified atom stereocenters. The van der Waals surface area contributed by atoms with Gasteiger partial charge in [-0.25, -0.2) is 0 Å². The fraction of sp³-hybridized carbons (Fsp3) is 0.667. The van der Waals surface area contributed by atoms with Crippen molar-refractivity contribution >= 4 is 5.91 Å². The molecule has 2 aliphatic rings. The van der Waals surface area contributed by atoms with Crippen LogP contribution in [0.3, 0.4) is 0 Å². The zero-order valence-electron chi connectivity index (χ0n) is 19.0. The average molecular weight is 415 g/mol. The van der Waals surface area contributed by atoms with Crippen molar-refractivity contribution in [2.24, 2.45) is 5.41 Å². The molecule has 6 heteroatoms. The number of carbonyl (C=O) groups is 1. The SMILES string of the molecule is CC(C)(CO)CC(C)(C)O[C@H]1[C@H](N2CCCC2=O)c2cc(C#N)ccc2OC1(C)C. The van der Waals surface area contributed by atoms with Crippen molar-refractivity contribution in [3.8, 4) is 11.8 Å². The highest BCUT2D eigenvalue weighted by molar-refractivity contribution is 5.79. The predicted molar refractivity (Wildman–Crippen MR) is 114 cm³/mol. The van der Waals surface area contributed by atoms with E-state index in [1.165, 1.54) is 0 Å². The van der Waals surface area contributed by atoms with Gasteiger partial charge in [-0.05, 0) is 64.2 Å². The van der Waals surface area contributed by atoms with E-state index in [-0.39, 0.29) is 24.0 Å². The predicted octanol–water partition coefficient (Wildman–Crippen LogP) is 3.97. The van der Waals surface area contributed by atoms with Gasteiger partial charge >= 0.3 is 0 Å². The summed E-state index contributed by atoms with van der Waals surface area (Å²) in [5.41, 5.74) is -0.175. The van der Waals surface area contributed by atoms with Crippen molar-refractivity contribution in [1.29, 1.82) is 5.26 Å². The van der Waals surface area contributed by atoms with E-state index in [0.717, 1.165) is 12.0 Å². The topological polar surface area (TPSA) is 82.8 Å². The van der Waals surface area contributed by atoms with Gasteiger partial charge in [-0.15, -0.1) is 0 Å². The molecule has 164 valence electrons. The van der Waals surface area contributed by atoms with Gasteiger partial charge in [0.15, 0.2) is 0 Å². The summed E-state index contributed by atoms with van der Waals surface area (Å²) in [6, 6.07) is 7.25. The number of benzene rings is 1. The van der Waals surface area contributed by atoms with Crippen molar-refractivity contribution in [3.05, 3.63) is 29.3 Å². The molecule has 30 heavy (non-hydrogen) atoms. The summed E-state index contributed by atoms with van der Waals surface area (Å²) in [6.45, 7) is 12.8. The van der Waals surface area contributed by atoms with Crippen molar-refractivity contribution in [1.82, 2.24) is 4.90 Å². The normalized spacial score (nSPS) is 23.7. The maximum atomic E-state index is 12.8. The van der Waals surface area contributed by atoms with E-state index < -0.39 is 17.3 Å². The molecule has 1 saturated heterocycles. The maximum absolute atomic E-state index is 12.8. The summed E-state index contributed by atoms with van der Waals surface area (Å²) in [5.74, 6) is 0.796. The van der Waals surface area contributed by atoms with E-state index in [1.54, 1.807) is 6.07 Å². The van der Waals surface area contributed by atoms with Gasteiger partial charge in [0.05, 0.1) is 23.3 Å². The molecule has 0 aromatic heterocycles. The summed E-state index contributed by atoms with van der Waals surface area (Å²) in [5, 5.41) is 19.2. The van der Waals surface area contributed by atoms with E-state index in [4.69, 9.17) is 9.47 Å². The molecule has 0 spiro atoms. The third-order valence-electron chi connectivity index (χ3n) is 6.03. The molecule has 3 rings (SSSR count). The first-order valence-electron chi connectivity index (χ1n) is 10.7. The van der Waals surface area contributed by atoms with Gasteiger partial charge < -0.3 is 19.5 Å². The fourth-order valence-electron chi connectivity index (χ4n) is 4.92. The van der Waals surface area contributed by atoms with E-state index in [9.17, 15) is 15.2 Å². The van der Waals surface area contributed by atoms with Gasteiger partial charge in [-0.1, -0.05) is 13.8 Å². The maximum Gasteiger partial charge on any atom is 0.223 e. The van der Waals surface area contributed by atoms with Crippen LogP contribution in [0.4, 0.5) is 0 Å². The van der Waals surface area contributed by atoms with Crippen LogP contribution in [-0.4, -0.2) is 46.4 Å². The van der Waals surface area contributed by atoms with Crippen LogP contribution >= 0.6 is 0 Å². The first-order chi connectivity index (χ1) is 13.9. The highest BCUT2D eigenvalue weighted by Gasteiger charge is 2.51. The Balaban J connectivity index is 2.06. The molecular weight excluding hydrogens is 380 g/mol. The Morgan fingerprint density at radius 1 is 1.33 bits per heavy atom. The molecule has 1 aromatic rings. The minimum Gasteiger partial charge on any atom is -0.485 e. The molecule has 1 N–H and O–H groups in total. The van der Waals surface area contributed by atoms with E-state index >= 15 is 0 Å². The van der Waals surface area contributed by atoms with Crippen LogP contribution in [0.5, 0.6) is 5.75 Å². The van der Waals surface area contributed by atoms with Crippen LogP contribution in [0.2, 0.25) is 0 Å². The standard InChI is InChI=1S/C24H34N2O4/c1-22(2,15-27)14-23(3,4)30-21-20(26-11-7-8-19(26)28)17-12-16(13-25)9-10-18(17)29-24(21,5)6/h9-10,12,20-21,27H,7-8,11,14-15H2,1-6H3/t20-,21+/m1/s1. The summed E-state index contributed by atoms with van der Waals surface area (Å²) in [6.07, 6.45) is 1.57. The molecule has 1 amide bonds. The smallest absolute Gasteiger partial charge is 0.223 e. The zero-order chi connectivity index (χ0) is 22.3. The summed E-state index contributed by atoms with van der Waals surface area (Å²) < 4.78 is 13.1. The number of carbonyl (C=O) groups excluding carboxylic acids is 1. The van der Waals surface area contributed by atoms with Crippen molar-refractivity contribution in [2.75, 3.05) is 13.2 Å². The van der Waals surface area contributed by atoms with E-state index in [1.807, 2.05) is 58.6 Å². The number of amides is 1.